The van der Waals surface area contributed by atoms with E-state index in [9.17, 15) is 0 Å². The molecule has 1 aliphatic rings. The molecule has 0 spiro atoms. The number of ether oxygens (including phenoxy) is 2. The van der Waals surface area contributed by atoms with Crippen molar-refractivity contribution in [3.63, 3.8) is 0 Å². The summed E-state index contributed by atoms with van der Waals surface area (Å²) in [6.07, 6.45) is 0. The first kappa shape index (κ1) is 20.0. The summed E-state index contributed by atoms with van der Waals surface area (Å²) in [6.45, 7) is 3.68. The van der Waals surface area contributed by atoms with Crippen molar-refractivity contribution in [1.29, 1.82) is 0 Å². The summed E-state index contributed by atoms with van der Waals surface area (Å²) in [7, 11) is 5.77. The number of guanidine groups is 1. The summed E-state index contributed by atoms with van der Waals surface area (Å²) < 4.78 is 10.5. The van der Waals surface area contributed by atoms with Crippen LogP contribution in [0.2, 0.25) is 0 Å². The predicted molar refractivity (Wildman–Crippen MR) is 104 cm³/mol. The molecule has 0 radical (unpaired) electrons. The van der Waals surface area contributed by atoms with Crippen LogP contribution in [0.15, 0.2) is 29.3 Å². The van der Waals surface area contributed by atoms with Crippen molar-refractivity contribution in [3.05, 3.63) is 29.8 Å². The standard InChI is InChI=1S/C16H26N4O2.HI/c1-19(2)15(13-4-6-14(21-3)7-5-13)12-18-16(17)20-8-10-22-11-9-20;/h4-7,15H,8-12H2,1-3H3,(H2,17,18);1H. The molecule has 2 rings (SSSR count). The van der Waals surface area contributed by atoms with Gasteiger partial charge in [-0.25, -0.2) is 0 Å². The lowest BCUT2D eigenvalue weighted by Gasteiger charge is -2.29. The Morgan fingerprint density at radius 1 is 1.30 bits per heavy atom. The van der Waals surface area contributed by atoms with Crippen molar-refractivity contribution in [1.82, 2.24) is 9.80 Å². The topological polar surface area (TPSA) is 63.3 Å². The highest BCUT2D eigenvalue weighted by molar-refractivity contribution is 14.0. The Balaban J connectivity index is 0.00000264. The summed E-state index contributed by atoms with van der Waals surface area (Å²) in [5.41, 5.74) is 7.30. The van der Waals surface area contributed by atoms with Gasteiger partial charge in [0.15, 0.2) is 5.96 Å². The number of rotatable bonds is 5. The first-order chi connectivity index (χ1) is 10.6. The molecule has 1 heterocycles. The zero-order valence-electron chi connectivity index (χ0n) is 14.1. The second kappa shape index (κ2) is 9.94. The highest BCUT2D eigenvalue weighted by Gasteiger charge is 2.16. The van der Waals surface area contributed by atoms with E-state index in [0.717, 1.165) is 18.8 Å². The number of hydrogen-bond acceptors (Lipinski definition) is 4. The van der Waals surface area contributed by atoms with Gasteiger partial charge in [0, 0.05) is 13.1 Å². The minimum absolute atomic E-state index is 0. The zero-order valence-corrected chi connectivity index (χ0v) is 16.4. The molecule has 130 valence electrons. The molecule has 7 heteroatoms. The van der Waals surface area contributed by atoms with Crippen molar-refractivity contribution in [2.75, 3.05) is 54.1 Å². The van der Waals surface area contributed by atoms with Gasteiger partial charge in [0.05, 0.1) is 32.9 Å². The number of aliphatic imine (C=N–C) groups is 1. The van der Waals surface area contributed by atoms with Crippen LogP contribution in [0.3, 0.4) is 0 Å². The molecule has 1 aliphatic heterocycles. The third-order valence-electron chi connectivity index (χ3n) is 3.89. The molecule has 1 fully saturated rings. The molecule has 1 saturated heterocycles. The maximum atomic E-state index is 6.10. The zero-order chi connectivity index (χ0) is 15.9. The number of likely N-dealkylation sites (N-methyl/N-ethyl adjacent to an activating group) is 1. The molecule has 2 N–H and O–H groups in total. The van der Waals surface area contributed by atoms with Gasteiger partial charge in [0.1, 0.15) is 5.75 Å². The minimum Gasteiger partial charge on any atom is -0.497 e. The van der Waals surface area contributed by atoms with Crippen LogP contribution < -0.4 is 10.5 Å². The van der Waals surface area contributed by atoms with E-state index >= 15 is 0 Å². The number of nitrogens with zero attached hydrogens (tertiary/aromatic N) is 3. The number of morpholine rings is 1. The molecule has 1 atom stereocenters. The Hall–Kier alpha value is -1.06. The highest BCUT2D eigenvalue weighted by Crippen LogP contribution is 2.21. The smallest absolute Gasteiger partial charge is 0.191 e. The van der Waals surface area contributed by atoms with Crippen LogP contribution in [0, 0.1) is 0 Å². The third-order valence-corrected chi connectivity index (χ3v) is 3.89. The van der Waals surface area contributed by atoms with Gasteiger partial charge in [-0.05, 0) is 31.8 Å². The van der Waals surface area contributed by atoms with E-state index in [1.165, 1.54) is 5.56 Å². The van der Waals surface area contributed by atoms with Crippen LogP contribution in [0.25, 0.3) is 0 Å². The monoisotopic (exact) mass is 434 g/mol. The molecule has 23 heavy (non-hydrogen) atoms. The van der Waals surface area contributed by atoms with Gasteiger partial charge in [-0.1, -0.05) is 12.1 Å². The van der Waals surface area contributed by atoms with E-state index in [-0.39, 0.29) is 30.0 Å². The van der Waals surface area contributed by atoms with Crippen LogP contribution in [-0.4, -0.2) is 69.8 Å². The number of hydrogen-bond donors (Lipinski definition) is 1. The van der Waals surface area contributed by atoms with E-state index in [1.807, 2.05) is 12.1 Å². The number of halogens is 1. The first-order valence-electron chi connectivity index (χ1n) is 7.55. The van der Waals surface area contributed by atoms with Crippen molar-refractivity contribution in [2.24, 2.45) is 10.7 Å². The van der Waals surface area contributed by atoms with Crippen molar-refractivity contribution >= 4 is 29.9 Å². The van der Waals surface area contributed by atoms with E-state index in [1.54, 1.807) is 7.11 Å². The summed E-state index contributed by atoms with van der Waals surface area (Å²) >= 11 is 0. The molecular weight excluding hydrogens is 407 g/mol. The van der Waals surface area contributed by atoms with Gasteiger partial charge >= 0.3 is 0 Å². The molecule has 1 aromatic carbocycles. The fourth-order valence-corrected chi connectivity index (χ4v) is 2.47. The summed E-state index contributed by atoms with van der Waals surface area (Å²) in [5, 5.41) is 0. The van der Waals surface area contributed by atoms with Crippen LogP contribution in [0.4, 0.5) is 0 Å². The van der Waals surface area contributed by atoms with Crippen LogP contribution in [-0.2, 0) is 4.74 Å². The minimum atomic E-state index is 0. The maximum absolute atomic E-state index is 6.10. The predicted octanol–water partition coefficient (Wildman–Crippen LogP) is 1.56. The fraction of sp³-hybridized carbons (Fsp3) is 0.562. The normalized spacial score (nSPS) is 16.9. The van der Waals surface area contributed by atoms with Gasteiger partial charge in [-0.2, -0.15) is 0 Å². The Morgan fingerprint density at radius 2 is 1.91 bits per heavy atom. The molecule has 1 unspecified atom stereocenters. The fourth-order valence-electron chi connectivity index (χ4n) is 2.47. The Labute approximate surface area is 155 Å². The lowest BCUT2D eigenvalue weighted by molar-refractivity contribution is 0.0673. The largest absolute Gasteiger partial charge is 0.497 e. The molecule has 0 aromatic heterocycles. The summed E-state index contributed by atoms with van der Waals surface area (Å²) in [6, 6.07) is 8.28. The molecule has 0 aliphatic carbocycles. The molecule has 0 bridgehead atoms. The van der Waals surface area contributed by atoms with Crippen LogP contribution >= 0.6 is 24.0 Å². The van der Waals surface area contributed by atoms with Gasteiger partial charge in [0.2, 0.25) is 0 Å². The van der Waals surface area contributed by atoms with Gasteiger partial charge in [-0.3, -0.25) is 4.99 Å². The van der Waals surface area contributed by atoms with Crippen LogP contribution in [0.5, 0.6) is 5.75 Å². The first-order valence-corrected chi connectivity index (χ1v) is 7.55. The SMILES string of the molecule is COc1ccc(C(CN=C(N)N2CCOCC2)N(C)C)cc1.I. The van der Waals surface area contributed by atoms with Crippen LogP contribution in [0.1, 0.15) is 11.6 Å². The van der Waals surface area contributed by atoms with E-state index in [4.69, 9.17) is 15.2 Å². The molecule has 6 nitrogen and oxygen atoms in total. The second-order valence-electron chi connectivity index (χ2n) is 5.55. The lowest BCUT2D eigenvalue weighted by atomic mass is 10.1. The van der Waals surface area contributed by atoms with E-state index in [0.29, 0.717) is 25.7 Å². The lowest BCUT2D eigenvalue weighted by Crippen LogP contribution is -2.45. The van der Waals surface area contributed by atoms with Gasteiger partial charge < -0.3 is 25.0 Å². The summed E-state index contributed by atoms with van der Waals surface area (Å²) in [4.78, 5) is 8.80. The average Bonchev–Trinajstić information content (AvgIpc) is 2.56. The second-order valence-corrected chi connectivity index (χ2v) is 5.55. The van der Waals surface area contributed by atoms with Gasteiger partial charge in [-0.15, -0.1) is 24.0 Å². The van der Waals surface area contributed by atoms with Crippen molar-refractivity contribution in [3.8, 4) is 5.75 Å². The van der Waals surface area contributed by atoms with Crippen molar-refractivity contribution < 1.29 is 9.47 Å². The maximum Gasteiger partial charge on any atom is 0.191 e. The average molecular weight is 434 g/mol. The number of methoxy groups -OCH3 is 1. The number of benzene rings is 1. The molecular formula is C16H27IN4O2. The molecule has 0 amide bonds. The van der Waals surface area contributed by atoms with Crippen molar-refractivity contribution in [2.45, 2.75) is 6.04 Å². The Bertz CT molecular complexity index is 487. The summed E-state index contributed by atoms with van der Waals surface area (Å²) in [5.74, 6) is 1.46. The molecule has 0 saturated carbocycles. The van der Waals surface area contributed by atoms with E-state index < -0.39 is 0 Å². The number of nitrogens with two attached hydrogens (primary N) is 1. The third kappa shape index (κ3) is 5.82. The Morgan fingerprint density at radius 3 is 2.43 bits per heavy atom. The highest BCUT2D eigenvalue weighted by atomic mass is 127. The van der Waals surface area contributed by atoms with Gasteiger partial charge in [0.25, 0.3) is 0 Å². The van der Waals surface area contributed by atoms with E-state index in [2.05, 4.69) is 41.0 Å². The molecule has 1 aromatic rings. The Kier molecular flexibility index (Phi) is 8.64. The quantitative estimate of drug-likeness (QED) is 0.433.